The number of hydrogen-bond acceptors (Lipinski definition) is 5. The second kappa shape index (κ2) is 9.05. The summed E-state index contributed by atoms with van der Waals surface area (Å²) in [6.45, 7) is 3.90. The molecular weight excluding hydrogens is 448 g/mol. The van der Waals surface area contributed by atoms with Gasteiger partial charge in [0, 0.05) is 36.1 Å². The monoisotopic (exact) mass is 474 g/mol. The van der Waals surface area contributed by atoms with Crippen molar-refractivity contribution in [2.75, 3.05) is 31.1 Å². The largest absolute Gasteiger partial charge is 0.353 e. The normalized spacial score (nSPS) is 17.8. The van der Waals surface area contributed by atoms with E-state index in [9.17, 15) is 0 Å². The molecule has 1 atom stereocenters. The molecule has 0 amide bonds. The van der Waals surface area contributed by atoms with Crippen molar-refractivity contribution in [2.24, 2.45) is 0 Å². The Labute approximate surface area is 203 Å². The molecule has 168 valence electrons. The Morgan fingerprint density at radius 3 is 2.33 bits per heavy atom. The number of rotatable bonds is 4. The zero-order valence-electron chi connectivity index (χ0n) is 18.6. The molecule has 1 fully saturated rings. The molecule has 2 aromatic carbocycles. The minimum absolute atomic E-state index is 0.227. The summed E-state index contributed by atoms with van der Waals surface area (Å²) in [5.41, 5.74) is 4.13. The summed E-state index contributed by atoms with van der Waals surface area (Å²) in [6, 6.07) is 19.4. The van der Waals surface area contributed by atoms with Gasteiger partial charge >= 0.3 is 0 Å². The van der Waals surface area contributed by atoms with Gasteiger partial charge in [-0.25, -0.2) is 9.97 Å². The summed E-state index contributed by atoms with van der Waals surface area (Å²) in [7, 11) is 0. The first-order chi connectivity index (χ1) is 16.3. The predicted molar refractivity (Wildman–Crippen MR) is 138 cm³/mol. The maximum atomic E-state index is 6.19. The van der Waals surface area contributed by atoms with Crippen molar-refractivity contribution in [1.29, 1.82) is 0 Å². The number of fused-ring (bicyclic) bond motifs is 3. The SMILES string of the molecule is Clc1ccc(C(c2ccccc2)N2CCN(c3ncnc4sc5c(c34)CCCC5)CC2)cc1. The molecule has 4 aromatic rings. The fourth-order valence-corrected chi connectivity index (χ4v) is 6.75. The van der Waals surface area contributed by atoms with Crippen LogP contribution in [0.3, 0.4) is 0 Å². The van der Waals surface area contributed by atoms with E-state index in [0.717, 1.165) is 41.8 Å². The minimum Gasteiger partial charge on any atom is -0.353 e. The highest BCUT2D eigenvalue weighted by molar-refractivity contribution is 7.19. The van der Waals surface area contributed by atoms with Crippen LogP contribution in [0, 0.1) is 0 Å². The zero-order chi connectivity index (χ0) is 22.2. The highest BCUT2D eigenvalue weighted by Crippen LogP contribution is 2.40. The van der Waals surface area contributed by atoms with E-state index in [1.54, 1.807) is 6.33 Å². The lowest BCUT2D eigenvalue weighted by atomic mass is 9.96. The van der Waals surface area contributed by atoms with Gasteiger partial charge in [-0.1, -0.05) is 54.1 Å². The Bertz CT molecular complexity index is 1250. The summed E-state index contributed by atoms with van der Waals surface area (Å²) < 4.78 is 0. The van der Waals surface area contributed by atoms with Crippen LogP contribution in [0.2, 0.25) is 5.02 Å². The Kier molecular flexibility index (Phi) is 5.78. The summed E-state index contributed by atoms with van der Waals surface area (Å²) >= 11 is 8.07. The molecule has 4 nitrogen and oxygen atoms in total. The van der Waals surface area contributed by atoms with Crippen LogP contribution in [-0.2, 0) is 12.8 Å². The maximum absolute atomic E-state index is 6.19. The number of aromatic nitrogens is 2. The number of hydrogen-bond donors (Lipinski definition) is 0. The van der Waals surface area contributed by atoms with Crippen molar-refractivity contribution >= 4 is 39.0 Å². The van der Waals surface area contributed by atoms with Crippen molar-refractivity contribution < 1.29 is 0 Å². The lowest BCUT2D eigenvalue weighted by Crippen LogP contribution is -2.48. The fraction of sp³-hybridized carbons (Fsp3) is 0.333. The average molecular weight is 475 g/mol. The number of halogens is 1. The summed E-state index contributed by atoms with van der Waals surface area (Å²) in [5, 5.41) is 2.10. The van der Waals surface area contributed by atoms with Gasteiger partial charge in [-0.3, -0.25) is 4.90 Å². The van der Waals surface area contributed by atoms with E-state index in [4.69, 9.17) is 16.6 Å². The summed E-state index contributed by atoms with van der Waals surface area (Å²) in [6.07, 6.45) is 6.70. The van der Waals surface area contributed by atoms with Crippen molar-refractivity contribution in [3.05, 3.63) is 87.5 Å². The van der Waals surface area contributed by atoms with Gasteiger partial charge in [0.05, 0.1) is 11.4 Å². The van der Waals surface area contributed by atoms with Gasteiger partial charge in [-0.15, -0.1) is 11.3 Å². The smallest absolute Gasteiger partial charge is 0.141 e. The molecule has 6 heteroatoms. The van der Waals surface area contributed by atoms with E-state index in [0.29, 0.717) is 0 Å². The van der Waals surface area contributed by atoms with E-state index < -0.39 is 0 Å². The first-order valence-electron chi connectivity index (χ1n) is 11.8. The van der Waals surface area contributed by atoms with E-state index in [1.165, 1.54) is 52.6 Å². The molecule has 0 bridgehead atoms. The third-order valence-corrected chi connectivity index (χ3v) is 8.46. The van der Waals surface area contributed by atoms with E-state index >= 15 is 0 Å². The molecule has 1 aliphatic carbocycles. The molecule has 1 aliphatic heterocycles. The first kappa shape index (κ1) is 21.1. The predicted octanol–water partition coefficient (Wildman–Crippen LogP) is 6.14. The van der Waals surface area contributed by atoms with E-state index in [2.05, 4.69) is 57.2 Å². The van der Waals surface area contributed by atoms with Gasteiger partial charge in [-0.2, -0.15) is 0 Å². The van der Waals surface area contributed by atoms with Crippen LogP contribution in [0.15, 0.2) is 60.9 Å². The van der Waals surface area contributed by atoms with Gasteiger partial charge in [-0.05, 0) is 54.5 Å². The lowest BCUT2D eigenvalue weighted by molar-refractivity contribution is 0.212. The Hall–Kier alpha value is -2.47. The average Bonchev–Trinajstić information content (AvgIpc) is 3.25. The molecule has 33 heavy (non-hydrogen) atoms. The maximum Gasteiger partial charge on any atom is 0.141 e. The molecule has 1 saturated heterocycles. The highest BCUT2D eigenvalue weighted by Gasteiger charge is 2.29. The molecular formula is C27H27ClN4S. The second-order valence-corrected chi connectivity index (χ2v) is 10.5. The molecule has 2 aliphatic rings. The quantitative estimate of drug-likeness (QED) is 0.356. The Balaban J connectivity index is 1.28. The summed E-state index contributed by atoms with van der Waals surface area (Å²) in [5.74, 6) is 1.14. The Morgan fingerprint density at radius 2 is 1.55 bits per heavy atom. The third-order valence-electron chi connectivity index (χ3n) is 7.01. The van der Waals surface area contributed by atoms with Gasteiger partial charge in [0.1, 0.15) is 17.0 Å². The fourth-order valence-electron chi connectivity index (χ4n) is 5.40. The number of thiophene rings is 1. The van der Waals surface area contributed by atoms with Crippen LogP contribution in [0.25, 0.3) is 10.2 Å². The second-order valence-electron chi connectivity index (χ2n) is 8.98. The zero-order valence-corrected chi connectivity index (χ0v) is 20.2. The van der Waals surface area contributed by atoms with Crippen molar-refractivity contribution in [3.63, 3.8) is 0 Å². The molecule has 1 unspecified atom stereocenters. The molecule has 0 spiro atoms. The van der Waals surface area contributed by atoms with Gasteiger partial charge in [0.15, 0.2) is 0 Å². The molecule has 0 N–H and O–H groups in total. The summed E-state index contributed by atoms with van der Waals surface area (Å²) in [4.78, 5) is 17.2. The molecule has 2 aromatic heterocycles. The van der Waals surface area contributed by atoms with Crippen LogP contribution in [0.4, 0.5) is 5.82 Å². The van der Waals surface area contributed by atoms with E-state index in [-0.39, 0.29) is 6.04 Å². The molecule has 6 rings (SSSR count). The Morgan fingerprint density at radius 1 is 0.818 bits per heavy atom. The van der Waals surface area contributed by atoms with Crippen molar-refractivity contribution in [2.45, 2.75) is 31.7 Å². The van der Waals surface area contributed by atoms with Crippen LogP contribution >= 0.6 is 22.9 Å². The number of benzene rings is 2. The van der Waals surface area contributed by atoms with Gasteiger partial charge in [0.2, 0.25) is 0 Å². The third kappa shape index (κ3) is 4.03. The van der Waals surface area contributed by atoms with Crippen LogP contribution in [-0.4, -0.2) is 41.0 Å². The minimum atomic E-state index is 0.227. The van der Waals surface area contributed by atoms with Crippen molar-refractivity contribution in [1.82, 2.24) is 14.9 Å². The number of piperazine rings is 1. The molecule has 0 radical (unpaired) electrons. The number of anilines is 1. The van der Waals surface area contributed by atoms with E-state index in [1.807, 2.05) is 23.5 Å². The molecule has 0 saturated carbocycles. The highest BCUT2D eigenvalue weighted by atomic mass is 35.5. The first-order valence-corrected chi connectivity index (χ1v) is 13.0. The van der Waals surface area contributed by atoms with Crippen LogP contribution in [0.5, 0.6) is 0 Å². The number of aryl methyl sites for hydroxylation is 2. The standard InChI is InChI=1S/C27H27ClN4S/c28-21-12-10-20(11-13-21)25(19-6-2-1-3-7-19)31-14-16-32(17-15-31)26-24-22-8-4-5-9-23(22)33-27(24)30-18-29-26/h1-3,6-7,10-13,18,25H,4-5,8-9,14-17H2. The topological polar surface area (TPSA) is 32.3 Å². The van der Waals surface area contributed by atoms with Crippen molar-refractivity contribution in [3.8, 4) is 0 Å². The van der Waals surface area contributed by atoms with Crippen LogP contribution in [0.1, 0.15) is 40.5 Å². The lowest BCUT2D eigenvalue weighted by Gasteiger charge is -2.40. The van der Waals surface area contributed by atoms with Gasteiger partial charge in [0.25, 0.3) is 0 Å². The number of nitrogens with zero attached hydrogens (tertiary/aromatic N) is 4. The van der Waals surface area contributed by atoms with Gasteiger partial charge < -0.3 is 4.90 Å². The van der Waals surface area contributed by atoms with Crippen LogP contribution < -0.4 is 4.90 Å². The molecule has 3 heterocycles.